The van der Waals surface area contributed by atoms with Crippen molar-refractivity contribution in [2.75, 3.05) is 0 Å². The molecule has 0 aromatic heterocycles. The highest BCUT2D eigenvalue weighted by Gasteiger charge is 2.60. The summed E-state index contributed by atoms with van der Waals surface area (Å²) >= 11 is 0. The van der Waals surface area contributed by atoms with Gasteiger partial charge in [0.25, 0.3) is 0 Å². The molecule has 0 saturated heterocycles. The summed E-state index contributed by atoms with van der Waals surface area (Å²) in [4.78, 5) is 0. The molecule has 0 N–H and O–H groups in total. The van der Waals surface area contributed by atoms with Crippen LogP contribution in [-0.2, 0) is 16.6 Å². The minimum atomic E-state index is -5.71. The van der Waals surface area contributed by atoms with Gasteiger partial charge in [0.1, 0.15) is 5.60 Å². The minimum absolute atomic E-state index is 0.553. The van der Waals surface area contributed by atoms with Crippen LogP contribution in [0.2, 0.25) is 0 Å². The highest BCUT2D eigenvalue weighted by atomic mass is 19.4. The summed E-state index contributed by atoms with van der Waals surface area (Å²) in [5.41, 5.74) is -3.86. The zero-order valence-corrected chi connectivity index (χ0v) is 9.11. The molecule has 0 aliphatic heterocycles. The van der Waals surface area contributed by atoms with Crippen LogP contribution in [0.15, 0.2) is 24.3 Å². The highest BCUT2D eigenvalue weighted by Crippen LogP contribution is 2.46. The van der Waals surface area contributed by atoms with Gasteiger partial charge in [0.15, 0.2) is 0 Å². The number of alkyl halides is 5. The molecule has 1 rings (SSSR count). The third kappa shape index (κ3) is 2.57. The molecular formula is C11H10F5O. The van der Waals surface area contributed by atoms with E-state index in [0.29, 0.717) is 6.07 Å². The van der Waals surface area contributed by atoms with E-state index in [1.165, 1.54) is 6.07 Å². The van der Waals surface area contributed by atoms with Crippen molar-refractivity contribution >= 4 is 0 Å². The predicted molar refractivity (Wildman–Crippen MR) is 50.1 cm³/mol. The van der Waals surface area contributed by atoms with Gasteiger partial charge in [0.2, 0.25) is 0 Å². The van der Waals surface area contributed by atoms with E-state index in [2.05, 4.69) is 0 Å². The maximum Gasteiger partial charge on any atom is 0.458 e. The van der Waals surface area contributed by atoms with E-state index in [9.17, 15) is 27.1 Å². The average molecular weight is 253 g/mol. The number of hydrogen-bond acceptors (Lipinski definition) is 0. The summed E-state index contributed by atoms with van der Waals surface area (Å²) in [6.07, 6.45) is -5.71. The largest absolute Gasteiger partial charge is 0.458 e. The van der Waals surface area contributed by atoms with Crippen LogP contribution in [0, 0.1) is 0 Å². The van der Waals surface area contributed by atoms with Crippen molar-refractivity contribution in [2.45, 2.75) is 31.5 Å². The molecule has 0 unspecified atom stereocenters. The van der Waals surface area contributed by atoms with Crippen LogP contribution in [-0.4, -0.2) is 6.18 Å². The predicted octanol–water partition coefficient (Wildman–Crippen LogP) is 4.01. The second-order valence-corrected chi connectivity index (χ2v) is 4.13. The second-order valence-electron chi connectivity index (χ2n) is 4.13. The monoisotopic (exact) mass is 253 g/mol. The van der Waals surface area contributed by atoms with Gasteiger partial charge in [-0.3, -0.25) is 0 Å². The van der Waals surface area contributed by atoms with E-state index in [0.717, 1.165) is 26.0 Å². The lowest BCUT2D eigenvalue weighted by Gasteiger charge is -2.26. The smallest absolute Gasteiger partial charge is 0.225 e. The Hall–Kier alpha value is -1.17. The van der Waals surface area contributed by atoms with Gasteiger partial charge in [-0.25, -0.2) is 5.11 Å². The number of benzene rings is 1. The lowest BCUT2D eigenvalue weighted by molar-refractivity contribution is -0.290. The summed E-state index contributed by atoms with van der Waals surface area (Å²) in [5, 5.41) is 11.6. The average Bonchev–Trinajstić information content (AvgIpc) is 2.14. The first-order valence-electron chi connectivity index (χ1n) is 4.73. The first-order chi connectivity index (χ1) is 7.48. The van der Waals surface area contributed by atoms with Crippen molar-refractivity contribution in [3.05, 3.63) is 35.4 Å². The van der Waals surface area contributed by atoms with Gasteiger partial charge in [-0.05, 0) is 19.4 Å². The molecule has 1 radical (unpaired) electrons. The fourth-order valence-electron chi connectivity index (χ4n) is 1.43. The molecule has 1 nitrogen and oxygen atoms in total. The molecule has 0 atom stereocenters. The fourth-order valence-corrected chi connectivity index (χ4v) is 1.43. The molecule has 0 aliphatic rings. The third-order valence-electron chi connectivity index (χ3n) is 2.27. The van der Waals surface area contributed by atoms with Gasteiger partial charge in [-0.2, -0.15) is 22.0 Å². The highest BCUT2D eigenvalue weighted by molar-refractivity contribution is 5.35. The van der Waals surface area contributed by atoms with Crippen molar-refractivity contribution in [2.24, 2.45) is 0 Å². The van der Waals surface area contributed by atoms with Crippen LogP contribution in [0.4, 0.5) is 22.0 Å². The van der Waals surface area contributed by atoms with Crippen molar-refractivity contribution in [1.29, 1.82) is 0 Å². The van der Waals surface area contributed by atoms with Gasteiger partial charge in [-0.1, -0.05) is 24.3 Å². The molecule has 0 bridgehead atoms. The topological polar surface area (TPSA) is 19.9 Å². The standard InChI is InChI=1S/C11H10F5O/c1-9(2,17)7-5-3-4-6-8(7)10(12,13)11(14,15)16/h3-6H,1-2H3. The normalized spacial score (nSPS) is 13.9. The first-order valence-corrected chi connectivity index (χ1v) is 4.73. The van der Waals surface area contributed by atoms with Crippen molar-refractivity contribution < 1.29 is 27.1 Å². The maximum atomic E-state index is 13.2. The zero-order valence-electron chi connectivity index (χ0n) is 9.11. The maximum absolute atomic E-state index is 13.2. The van der Waals surface area contributed by atoms with Gasteiger partial charge in [0, 0.05) is 5.56 Å². The lowest BCUT2D eigenvalue weighted by atomic mass is 9.90. The van der Waals surface area contributed by atoms with Crippen LogP contribution < -0.4 is 0 Å². The van der Waals surface area contributed by atoms with E-state index in [4.69, 9.17) is 0 Å². The Balaban J connectivity index is 3.43. The van der Waals surface area contributed by atoms with Crippen molar-refractivity contribution in [3.63, 3.8) is 0 Å². The minimum Gasteiger partial charge on any atom is -0.225 e. The Labute approximate surface area is 94.9 Å². The summed E-state index contributed by atoms with van der Waals surface area (Å²) in [6, 6.07) is 3.92. The molecular weight excluding hydrogens is 243 g/mol. The molecule has 0 spiro atoms. The molecule has 1 aromatic carbocycles. The van der Waals surface area contributed by atoms with Crippen LogP contribution >= 0.6 is 0 Å². The Morgan fingerprint density at radius 2 is 1.29 bits per heavy atom. The van der Waals surface area contributed by atoms with Gasteiger partial charge in [0.05, 0.1) is 0 Å². The molecule has 6 heteroatoms. The van der Waals surface area contributed by atoms with Crippen molar-refractivity contribution in [1.82, 2.24) is 0 Å². The number of hydrogen-bond donors (Lipinski definition) is 0. The third-order valence-corrected chi connectivity index (χ3v) is 2.27. The van der Waals surface area contributed by atoms with Crippen LogP contribution in [0.3, 0.4) is 0 Å². The number of halogens is 5. The van der Waals surface area contributed by atoms with Crippen LogP contribution in [0.1, 0.15) is 25.0 Å². The first kappa shape index (κ1) is 13.9. The fraction of sp³-hybridized carbons (Fsp3) is 0.455. The molecule has 95 valence electrons. The van der Waals surface area contributed by atoms with Crippen LogP contribution in [0.5, 0.6) is 0 Å². The summed E-state index contributed by atoms with van der Waals surface area (Å²) in [7, 11) is 0. The molecule has 0 fully saturated rings. The van der Waals surface area contributed by atoms with E-state index >= 15 is 0 Å². The quantitative estimate of drug-likeness (QED) is 0.710. The Morgan fingerprint density at radius 1 is 0.882 bits per heavy atom. The van der Waals surface area contributed by atoms with E-state index in [-0.39, 0.29) is 0 Å². The van der Waals surface area contributed by atoms with E-state index < -0.39 is 28.8 Å². The molecule has 0 heterocycles. The Kier molecular flexibility index (Phi) is 3.22. The molecule has 0 aliphatic carbocycles. The molecule has 1 aromatic rings. The summed E-state index contributed by atoms with van der Waals surface area (Å²) in [6.45, 7) is 2.08. The molecule has 0 saturated carbocycles. The molecule has 17 heavy (non-hydrogen) atoms. The zero-order chi connectivity index (χ0) is 13.5. The SMILES string of the molecule is CC(C)([O])c1ccccc1C(F)(F)C(F)(F)F. The lowest BCUT2D eigenvalue weighted by Crippen LogP contribution is -2.36. The number of rotatable bonds is 2. The molecule has 0 amide bonds. The second kappa shape index (κ2) is 3.94. The Morgan fingerprint density at radius 3 is 1.65 bits per heavy atom. The summed E-state index contributed by atoms with van der Waals surface area (Å²) in [5.74, 6) is -5.02. The van der Waals surface area contributed by atoms with E-state index in [1.54, 1.807) is 0 Å². The summed E-state index contributed by atoms with van der Waals surface area (Å²) < 4.78 is 63.1. The van der Waals surface area contributed by atoms with Gasteiger partial charge >= 0.3 is 12.1 Å². The van der Waals surface area contributed by atoms with Gasteiger partial charge in [-0.15, -0.1) is 0 Å². The van der Waals surface area contributed by atoms with Crippen LogP contribution in [0.25, 0.3) is 0 Å². The van der Waals surface area contributed by atoms with Gasteiger partial charge < -0.3 is 0 Å². The van der Waals surface area contributed by atoms with E-state index in [1.807, 2.05) is 0 Å². The Bertz CT molecular complexity index is 403. The van der Waals surface area contributed by atoms with Crippen molar-refractivity contribution in [3.8, 4) is 0 Å².